The number of aryl methyl sites for hydroxylation is 1. The second kappa shape index (κ2) is 4.97. The van der Waals surface area contributed by atoms with Gasteiger partial charge in [-0.15, -0.1) is 0 Å². The van der Waals surface area contributed by atoms with Gasteiger partial charge in [0, 0.05) is 38.6 Å². The summed E-state index contributed by atoms with van der Waals surface area (Å²) in [6, 6.07) is -0.134. The molecule has 0 amide bonds. The Hall–Kier alpha value is -1.07. The highest BCUT2D eigenvalue weighted by molar-refractivity contribution is 4.82. The lowest BCUT2D eigenvalue weighted by Crippen LogP contribution is -2.35. The first kappa shape index (κ1) is 11.0. The van der Waals surface area contributed by atoms with Crippen molar-refractivity contribution in [1.29, 1.82) is 0 Å². The number of nitrogens with two attached hydrogens (primary N) is 1. The molecule has 0 saturated heterocycles. The van der Waals surface area contributed by atoms with Gasteiger partial charge in [0.05, 0.1) is 6.61 Å². The van der Waals surface area contributed by atoms with Gasteiger partial charge >= 0.3 is 5.69 Å². The van der Waals surface area contributed by atoms with E-state index in [2.05, 4.69) is 0 Å². The Bertz CT molecular complexity index is 329. The lowest BCUT2D eigenvalue weighted by molar-refractivity contribution is 0.173. The van der Waals surface area contributed by atoms with E-state index >= 15 is 0 Å². The number of rotatable bonds is 5. The van der Waals surface area contributed by atoms with Gasteiger partial charge in [0.2, 0.25) is 0 Å². The summed E-state index contributed by atoms with van der Waals surface area (Å²) >= 11 is 0. The van der Waals surface area contributed by atoms with Gasteiger partial charge in [0.1, 0.15) is 0 Å². The maximum absolute atomic E-state index is 11.6. The molecule has 0 aliphatic heterocycles. The molecule has 0 saturated carbocycles. The molecule has 5 heteroatoms. The Balaban J connectivity index is 2.67. The van der Waals surface area contributed by atoms with Crippen molar-refractivity contribution in [1.82, 2.24) is 9.13 Å². The molecule has 1 aromatic heterocycles. The number of methoxy groups -OCH3 is 1. The third kappa shape index (κ3) is 2.46. The van der Waals surface area contributed by atoms with Gasteiger partial charge in [0.25, 0.3) is 0 Å². The van der Waals surface area contributed by atoms with Crippen molar-refractivity contribution in [3.63, 3.8) is 0 Å². The average molecular weight is 199 g/mol. The fraction of sp³-hybridized carbons (Fsp3) is 0.667. The van der Waals surface area contributed by atoms with Crippen molar-refractivity contribution in [3.8, 4) is 0 Å². The number of aromatic nitrogens is 2. The predicted octanol–water partition coefficient (Wildman–Crippen LogP) is -0.357. The fourth-order valence-electron chi connectivity index (χ4n) is 1.35. The number of hydrogen-bond acceptors (Lipinski definition) is 3. The van der Waals surface area contributed by atoms with Crippen LogP contribution in [0.15, 0.2) is 17.2 Å². The number of hydrogen-bond donors (Lipinski definition) is 1. The van der Waals surface area contributed by atoms with Crippen LogP contribution in [0, 0.1) is 0 Å². The second-order valence-electron chi connectivity index (χ2n) is 3.23. The Morgan fingerprint density at radius 2 is 2.14 bits per heavy atom. The molecule has 80 valence electrons. The van der Waals surface area contributed by atoms with Crippen molar-refractivity contribution in [3.05, 3.63) is 22.9 Å². The zero-order valence-corrected chi connectivity index (χ0v) is 8.64. The highest BCUT2D eigenvalue weighted by Gasteiger charge is 2.06. The topological polar surface area (TPSA) is 62.2 Å². The van der Waals surface area contributed by atoms with Crippen LogP contribution in [0.25, 0.3) is 0 Å². The van der Waals surface area contributed by atoms with Crippen molar-refractivity contribution in [2.45, 2.75) is 26.1 Å². The molecule has 1 heterocycles. The van der Waals surface area contributed by atoms with Crippen LogP contribution in [0.3, 0.4) is 0 Å². The van der Waals surface area contributed by atoms with Gasteiger partial charge in [-0.1, -0.05) is 0 Å². The highest BCUT2D eigenvalue weighted by atomic mass is 16.5. The van der Waals surface area contributed by atoms with Crippen LogP contribution < -0.4 is 11.4 Å². The smallest absolute Gasteiger partial charge is 0.328 e. The molecule has 5 nitrogen and oxygen atoms in total. The number of imidazole rings is 1. The summed E-state index contributed by atoms with van der Waals surface area (Å²) in [6.07, 6.45) is 3.52. The van der Waals surface area contributed by atoms with Gasteiger partial charge in [0.15, 0.2) is 0 Å². The fourth-order valence-corrected chi connectivity index (χ4v) is 1.35. The summed E-state index contributed by atoms with van der Waals surface area (Å²) in [5, 5.41) is 0. The molecule has 0 bridgehead atoms. The van der Waals surface area contributed by atoms with Crippen molar-refractivity contribution in [2.24, 2.45) is 5.73 Å². The van der Waals surface area contributed by atoms with Crippen molar-refractivity contribution >= 4 is 0 Å². The minimum atomic E-state index is -0.134. The molecular weight excluding hydrogens is 182 g/mol. The maximum Gasteiger partial charge on any atom is 0.328 e. The van der Waals surface area contributed by atoms with Crippen LogP contribution in [0.2, 0.25) is 0 Å². The minimum absolute atomic E-state index is 0.0148. The van der Waals surface area contributed by atoms with Crippen LogP contribution in [-0.2, 0) is 17.8 Å². The monoisotopic (exact) mass is 199 g/mol. The molecule has 0 radical (unpaired) electrons. The third-order valence-electron chi connectivity index (χ3n) is 2.07. The summed E-state index contributed by atoms with van der Waals surface area (Å²) in [5.74, 6) is 0. The SMILES string of the molecule is CCn1ccn(CC(N)COC)c1=O. The van der Waals surface area contributed by atoms with E-state index in [1.807, 2.05) is 6.92 Å². The quantitative estimate of drug-likeness (QED) is 0.704. The molecule has 14 heavy (non-hydrogen) atoms. The van der Waals surface area contributed by atoms with E-state index in [0.29, 0.717) is 19.7 Å². The molecule has 0 aliphatic rings. The third-order valence-corrected chi connectivity index (χ3v) is 2.07. The molecular formula is C9H17N3O2. The normalized spacial score (nSPS) is 13.1. The highest BCUT2D eigenvalue weighted by Crippen LogP contribution is 1.89. The summed E-state index contributed by atoms with van der Waals surface area (Å²) < 4.78 is 8.14. The summed E-state index contributed by atoms with van der Waals surface area (Å²) in [4.78, 5) is 11.6. The lowest BCUT2D eigenvalue weighted by atomic mass is 10.3. The molecule has 2 N–H and O–H groups in total. The number of nitrogens with zero attached hydrogens (tertiary/aromatic N) is 2. The molecule has 0 spiro atoms. The minimum Gasteiger partial charge on any atom is -0.383 e. The molecule has 0 aliphatic carbocycles. The van der Waals surface area contributed by atoms with E-state index in [1.165, 1.54) is 0 Å². The number of ether oxygens (including phenoxy) is 1. The van der Waals surface area contributed by atoms with Crippen LogP contribution >= 0.6 is 0 Å². The van der Waals surface area contributed by atoms with Crippen LogP contribution in [-0.4, -0.2) is 28.9 Å². The first-order valence-corrected chi connectivity index (χ1v) is 4.69. The predicted molar refractivity (Wildman–Crippen MR) is 54.2 cm³/mol. The first-order valence-electron chi connectivity index (χ1n) is 4.69. The van der Waals surface area contributed by atoms with E-state index in [0.717, 1.165) is 0 Å². The van der Waals surface area contributed by atoms with Crippen molar-refractivity contribution in [2.75, 3.05) is 13.7 Å². The Labute approximate surface area is 83.1 Å². The molecule has 1 rings (SSSR count). The van der Waals surface area contributed by atoms with E-state index in [-0.39, 0.29) is 11.7 Å². The second-order valence-corrected chi connectivity index (χ2v) is 3.23. The lowest BCUT2D eigenvalue weighted by Gasteiger charge is -2.09. The standard InChI is InChI=1S/C9H17N3O2/c1-3-11-4-5-12(9(11)13)6-8(10)7-14-2/h4-5,8H,3,6-7,10H2,1-2H3. The molecule has 0 fully saturated rings. The van der Waals surface area contributed by atoms with Crippen LogP contribution in [0.1, 0.15) is 6.92 Å². The summed E-state index contributed by atoms with van der Waals surface area (Å²) in [7, 11) is 1.60. The van der Waals surface area contributed by atoms with Gasteiger partial charge in [-0.25, -0.2) is 4.79 Å². The van der Waals surface area contributed by atoms with E-state index in [1.54, 1.807) is 28.6 Å². The van der Waals surface area contributed by atoms with Crippen LogP contribution in [0.4, 0.5) is 0 Å². The molecule has 1 atom stereocenters. The Kier molecular flexibility index (Phi) is 3.91. The zero-order chi connectivity index (χ0) is 10.6. The van der Waals surface area contributed by atoms with E-state index in [4.69, 9.17) is 10.5 Å². The Morgan fingerprint density at radius 1 is 1.50 bits per heavy atom. The van der Waals surface area contributed by atoms with E-state index in [9.17, 15) is 4.79 Å². The average Bonchev–Trinajstić information content (AvgIpc) is 2.48. The van der Waals surface area contributed by atoms with Gasteiger partial charge in [-0.05, 0) is 6.92 Å². The largest absolute Gasteiger partial charge is 0.383 e. The van der Waals surface area contributed by atoms with Crippen molar-refractivity contribution < 1.29 is 4.74 Å². The summed E-state index contributed by atoms with van der Waals surface area (Å²) in [6.45, 7) is 3.58. The molecule has 1 aromatic rings. The maximum atomic E-state index is 11.6. The molecule has 1 unspecified atom stereocenters. The Morgan fingerprint density at radius 3 is 2.64 bits per heavy atom. The van der Waals surface area contributed by atoms with E-state index < -0.39 is 0 Å². The van der Waals surface area contributed by atoms with Gasteiger partial charge in [-0.2, -0.15) is 0 Å². The van der Waals surface area contributed by atoms with Gasteiger partial charge in [-0.3, -0.25) is 9.13 Å². The first-order chi connectivity index (χ1) is 6.69. The zero-order valence-electron chi connectivity index (χ0n) is 8.64. The van der Waals surface area contributed by atoms with Gasteiger partial charge < -0.3 is 10.5 Å². The van der Waals surface area contributed by atoms with Crippen LogP contribution in [0.5, 0.6) is 0 Å². The molecule has 0 aromatic carbocycles. The summed E-state index contributed by atoms with van der Waals surface area (Å²) in [5.41, 5.74) is 5.73.